The topological polar surface area (TPSA) is 66.4 Å². The first-order valence-electron chi connectivity index (χ1n) is 6.62. The minimum absolute atomic E-state index is 0.00682. The van der Waals surface area contributed by atoms with Crippen molar-refractivity contribution in [2.75, 3.05) is 0 Å². The van der Waals surface area contributed by atoms with Crippen LogP contribution in [0, 0.1) is 17.5 Å². The number of rotatable bonds is 5. The molecule has 0 aliphatic carbocycles. The number of aliphatic hydroxyl groups excluding tert-OH is 1. The van der Waals surface area contributed by atoms with Crippen LogP contribution in [0.3, 0.4) is 0 Å². The zero-order valence-electron chi connectivity index (χ0n) is 12.0. The normalized spacial score (nSPS) is 14.5. The van der Waals surface area contributed by atoms with Crippen LogP contribution in [0.2, 0.25) is 0 Å². The lowest BCUT2D eigenvalue weighted by Gasteiger charge is -2.21. The highest BCUT2D eigenvalue weighted by Crippen LogP contribution is 2.21. The molecular weight excluding hydrogens is 331 g/mol. The monoisotopic (exact) mass is 345 g/mol. The van der Waals surface area contributed by atoms with Crippen LogP contribution in [0.1, 0.15) is 18.6 Å². The van der Waals surface area contributed by atoms with E-state index in [4.69, 9.17) is 0 Å². The number of hydrogen-bond acceptors (Lipinski definition) is 3. The van der Waals surface area contributed by atoms with E-state index in [2.05, 4.69) is 4.72 Å². The van der Waals surface area contributed by atoms with Crippen molar-refractivity contribution in [1.82, 2.24) is 4.72 Å². The number of sulfonamides is 1. The van der Waals surface area contributed by atoms with Crippen molar-refractivity contribution in [2.45, 2.75) is 24.0 Å². The summed E-state index contributed by atoms with van der Waals surface area (Å²) in [6.07, 6.45) is -1.44. The molecule has 0 aliphatic rings. The maximum atomic E-state index is 13.6. The first kappa shape index (κ1) is 17.5. The van der Waals surface area contributed by atoms with Crippen LogP contribution in [0.5, 0.6) is 0 Å². The molecule has 0 aliphatic heterocycles. The Bertz CT molecular complexity index is 811. The predicted octanol–water partition coefficient (Wildman–Crippen LogP) is 2.50. The number of hydrogen-bond donors (Lipinski definition) is 2. The van der Waals surface area contributed by atoms with Gasteiger partial charge in [0.05, 0.1) is 6.10 Å². The lowest BCUT2D eigenvalue weighted by atomic mass is 10.0. The van der Waals surface area contributed by atoms with Gasteiger partial charge >= 0.3 is 0 Å². The van der Waals surface area contributed by atoms with Crippen LogP contribution >= 0.6 is 0 Å². The third-order valence-electron chi connectivity index (χ3n) is 3.23. The van der Waals surface area contributed by atoms with Gasteiger partial charge in [-0.2, -0.15) is 0 Å². The molecule has 2 atom stereocenters. The molecule has 0 fully saturated rings. The average molecular weight is 345 g/mol. The van der Waals surface area contributed by atoms with Gasteiger partial charge in [-0.25, -0.2) is 26.3 Å². The van der Waals surface area contributed by atoms with Crippen LogP contribution in [0.4, 0.5) is 13.2 Å². The third-order valence-corrected chi connectivity index (χ3v) is 4.82. The lowest BCUT2D eigenvalue weighted by Crippen LogP contribution is -2.37. The summed E-state index contributed by atoms with van der Waals surface area (Å²) < 4.78 is 66.0. The summed E-state index contributed by atoms with van der Waals surface area (Å²) in [4.78, 5) is -0.565. The molecule has 2 N–H and O–H groups in total. The van der Waals surface area contributed by atoms with Crippen LogP contribution in [-0.4, -0.2) is 19.6 Å². The molecule has 0 amide bonds. The molecule has 0 heterocycles. The molecule has 2 aromatic rings. The fourth-order valence-corrected chi connectivity index (χ4v) is 3.35. The third kappa shape index (κ3) is 3.90. The molecule has 0 radical (unpaired) electrons. The quantitative estimate of drug-likeness (QED) is 0.875. The standard InChI is InChI=1S/C15H14F3NO3S/c1-9(15(20)10-6-7-11(16)13(18)8-10)19-23(21,22)14-5-3-2-4-12(14)17/h2-9,15,19-20H,1H3/t9-,15-/m0/s1. The number of benzene rings is 2. The molecule has 2 aromatic carbocycles. The van der Waals surface area contributed by atoms with E-state index in [1.54, 1.807) is 0 Å². The summed E-state index contributed by atoms with van der Waals surface area (Å²) in [5.41, 5.74) is -0.00682. The summed E-state index contributed by atoms with van der Waals surface area (Å²) in [7, 11) is -4.21. The summed E-state index contributed by atoms with van der Waals surface area (Å²) in [6.45, 7) is 1.32. The van der Waals surface area contributed by atoms with Crippen molar-refractivity contribution in [3.63, 3.8) is 0 Å². The summed E-state index contributed by atoms with van der Waals surface area (Å²) in [5, 5.41) is 10.1. The largest absolute Gasteiger partial charge is 0.387 e. The Morgan fingerprint density at radius 2 is 1.65 bits per heavy atom. The molecule has 0 saturated carbocycles. The molecule has 4 nitrogen and oxygen atoms in total. The van der Waals surface area contributed by atoms with Gasteiger partial charge < -0.3 is 5.11 Å². The van der Waals surface area contributed by atoms with Gasteiger partial charge in [0.2, 0.25) is 10.0 Å². The second-order valence-corrected chi connectivity index (χ2v) is 6.64. The zero-order chi connectivity index (χ0) is 17.2. The molecule has 0 unspecified atom stereocenters. The van der Waals surface area contributed by atoms with Crippen molar-refractivity contribution in [3.05, 3.63) is 65.5 Å². The highest BCUT2D eigenvalue weighted by molar-refractivity contribution is 7.89. The van der Waals surface area contributed by atoms with E-state index in [0.29, 0.717) is 0 Å². The van der Waals surface area contributed by atoms with Crippen molar-refractivity contribution in [1.29, 1.82) is 0 Å². The minimum Gasteiger partial charge on any atom is -0.387 e. The van der Waals surface area contributed by atoms with E-state index in [1.165, 1.54) is 19.1 Å². The number of aliphatic hydroxyl groups is 1. The van der Waals surface area contributed by atoms with Gasteiger partial charge in [-0.15, -0.1) is 0 Å². The highest BCUT2D eigenvalue weighted by atomic mass is 32.2. The predicted molar refractivity (Wildman–Crippen MR) is 77.5 cm³/mol. The molecule has 124 valence electrons. The Kier molecular flexibility index (Phi) is 5.08. The van der Waals surface area contributed by atoms with Crippen molar-refractivity contribution < 1.29 is 26.7 Å². The Balaban J connectivity index is 2.22. The van der Waals surface area contributed by atoms with Gasteiger partial charge in [0.25, 0.3) is 0 Å². The highest BCUT2D eigenvalue weighted by Gasteiger charge is 2.26. The van der Waals surface area contributed by atoms with E-state index in [1.807, 2.05) is 0 Å². The van der Waals surface area contributed by atoms with E-state index < -0.39 is 44.5 Å². The number of halogens is 3. The Morgan fingerprint density at radius 3 is 2.26 bits per heavy atom. The Hall–Kier alpha value is -1.90. The van der Waals surface area contributed by atoms with E-state index in [-0.39, 0.29) is 5.56 Å². The molecule has 0 saturated heterocycles. The molecule has 0 bridgehead atoms. The Labute approximate surface area is 131 Å². The van der Waals surface area contributed by atoms with Gasteiger partial charge in [-0.05, 0) is 36.8 Å². The van der Waals surface area contributed by atoms with Crippen LogP contribution in [0.15, 0.2) is 47.4 Å². The summed E-state index contributed by atoms with van der Waals surface area (Å²) in [5.74, 6) is -3.18. The first-order valence-corrected chi connectivity index (χ1v) is 8.10. The van der Waals surface area contributed by atoms with Crippen molar-refractivity contribution in [3.8, 4) is 0 Å². The van der Waals surface area contributed by atoms with Gasteiger partial charge in [0.15, 0.2) is 11.6 Å². The first-order chi connectivity index (χ1) is 10.7. The number of nitrogens with one attached hydrogen (secondary N) is 1. The van der Waals surface area contributed by atoms with Crippen molar-refractivity contribution >= 4 is 10.0 Å². The molecule has 0 aromatic heterocycles. The van der Waals surface area contributed by atoms with Crippen LogP contribution in [-0.2, 0) is 10.0 Å². The maximum absolute atomic E-state index is 13.6. The average Bonchev–Trinajstić information content (AvgIpc) is 2.49. The molecule has 23 heavy (non-hydrogen) atoms. The Morgan fingerprint density at radius 1 is 1.00 bits per heavy atom. The van der Waals surface area contributed by atoms with Gasteiger partial charge in [0, 0.05) is 6.04 Å². The summed E-state index contributed by atoms with van der Waals surface area (Å²) >= 11 is 0. The SMILES string of the molecule is C[C@H](NS(=O)(=O)c1ccccc1F)[C@H](O)c1ccc(F)c(F)c1. The second kappa shape index (κ2) is 6.69. The van der Waals surface area contributed by atoms with E-state index >= 15 is 0 Å². The van der Waals surface area contributed by atoms with Crippen LogP contribution < -0.4 is 4.72 Å². The fourth-order valence-electron chi connectivity index (χ4n) is 2.02. The molecule has 8 heteroatoms. The smallest absolute Gasteiger partial charge is 0.243 e. The van der Waals surface area contributed by atoms with Crippen LogP contribution in [0.25, 0.3) is 0 Å². The maximum Gasteiger partial charge on any atom is 0.243 e. The van der Waals surface area contributed by atoms with Gasteiger partial charge in [0.1, 0.15) is 10.7 Å². The molecule has 0 spiro atoms. The molecular formula is C15H14F3NO3S. The van der Waals surface area contributed by atoms with Gasteiger partial charge in [-0.1, -0.05) is 18.2 Å². The van der Waals surface area contributed by atoms with Crippen molar-refractivity contribution in [2.24, 2.45) is 0 Å². The van der Waals surface area contributed by atoms with Gasteiger partial charge in [-0.3, -0.25) is 0 Å². The lowest BCUT2D eigenvalue weighted by molar-refractivity contribution is 0.146. The van der Waals surface area contributed by atoms with E-state index in [9.17, 15) is 26.7 Å². The van der Waals surface area contributed by atoms with E-state index in [0.717, 1.165) is 30.3 Å². The summed E-state index contributed by atoms with van der Waals surface area (Å²) in [6, 6.07) is 6.41. The minimum atomic E-state index is -4.21. The molecule has 2 rings (SSSR count). The zero-order valence-corrected chi connectivity index (χ0v) is 12.8. The second-order valence-electron chi connectivity index (χ2n) is 4.96. The fraction of sp³-hybridized carbons (Fsp3) is 0.200.